The number of likely N-dealkylation sites (N-methyl/N-ethyl adjacent to an activating group) is 1. The van der Waals surface area contributed by atoms with Gasteiger partial charge in [0.1, 0.15) is 6.04 Å². The van der Waals surface area contributed by atoms with Crippen LogP contribution < -0.4 is 0 Å². The number of unbranched alkanes of at least 4 members (excludes halogenated alkanes) is 3. The maximum Gasteiger partial charge on any atom is 0.247 e. The van der Waals surface area contributed by atoms with Crippen molar-refractivity contribution >= 4 is 29.5 Å². The van der Waals surface area contributed by atoms with Gasteiger partial charge < -0.3 is 19.8 Å². The molecule has 1 aromatic rings. The molecule has 6 atom stereocenters. The van der Waals surface area contributed by atoms with Crippen LogP contribution in [-0.4, -0.2) is 86.9 Å². The number of nitrogens with zero attached hydrogens (tertiary/aromatic N) is 3. The molecule has 39 heavy (non-hydrogen) atoms. The Kier molecular flexibility index (Phi) is 9.60. The summed E-state index contributed by atoms with van der Waals surface area (Å²) in [6, 6.07) is 9.27. The number of carbonyl (C=O) groups is 3. The molecule has 1 aromatic carbocycles. The first-order valence-corrected chi connectivity index (χ1v) is 15.1. The normalized spacial score (nSPS) is 28.8. The van der Waals surface area contributed by atoms with Crippen LogP contribution in [0.3, 0.4) is 0 Å². The number of benzene rings is 1. The highest BCUT2D eigenvalue weighted by atomic mass is 32.2. The molecular weight excluding hydrogens is 510 g/mol. The average Bonchev–Trinajstić information content (AvgIpc) is 3.52. The van der Waals surface area contributed by atoms with Gasteiger partial charge >= 0.3 is 0 Å². The lowest BCUT2D eigenvalue weighted by Crippen LogP contribution is -2.57. The SMILES string of the molecule is C=CCN(C)C(=O)[C@@H]1[C@H]2C(=O)N(CCCCCCO)C(C(=O)N(CC=C)Cc3ccccc3)C23S[C@@H]1CC3C. The third-order valence-electron chi connectivity index (χ3n) is 8.73. The van der Waals surface area contributed by atoms with E-state index in [0.29, 0.717) is 26.2 Å². The molecular formula is C31H43N3O4S. The standard InChI is InChI=1S/C31H43N3O4S/c1-5-16-32(4)28(36)25-24-20-22(3)31(39-24)26(25)29(37)34(18-12-7-8-13-19-35)27(31)30(38)33(17-6-2)21-23-14-10-9-11-15-23/h5-6,9-11,14-15,22,24-27,35H,1-2,7-8,12-13,16-21H2,3-4H3/t22?,24-,25+,26+,27?,31?/m1/s1. The third-order valence-corrected chi connectivity index (χ3v) is 10.8. The van der Waals surface area contributed by atoms with Crippen LogP contribution in [0.5, 0.6) is 0 Å². The smallest absolute Gasteiger partial charge is 0.247 e. The molecule has 1 spiro atoms. The molecule has 212 valence electrons. The molecule has 8 heteroatoms. The van der Waals surface area contributed by atoms with Gasteiger partial charge in [-0.25, -0.2) is 0 Å². The van der Waals surface area contributed by atoms with Crippen LogP contribution in [0.4, 0.5) is 0 Å². The summed E-state index contributed by atoms with van der Waals surface area (Å²) in [6.45, 7) is 11.7. The van der Waals surface area contributed by atoms with Gasteiger partial charge in [-0.05, 0) is 30.7 Å². The molecule has 1 N–H and O–H groups in total. The molecule has 3 fully saturated rings. The maximum atomic E-state index is 14.5. The van der Waals surface area contributed by atoms with E-state index in [4.69, 9.17) is 0 Å². The van der Waals surface area contributed by atoms with E-state index in [1.165, 1.54) is 0 Å². The Hall–Kier alpha value is -2.58. The van der Waals surface area contributed by atoms with E-state index < -0.39 is 22.6 Å². The number of thioether (sulfide) groups is 1. The van der Waals surface area contributed by atoms with Crippen LogP contribution in [0.25, 0.3) is 0 Å². The Balaban J connectivity index is 1.70. The minimum atomic E-state index is -0.630. The van der Waals surface area contributed by atoms with Crippen LogP contribution in [-0.2, 0) is 20.9 Å². The summed E-state index contributed by atoms with van der Waals surface area (Å²) < 4.78 is -0.630. The van der Waals surface area contributed by atoms with Crippen LogP contribution >= 0.6 is 11.8 Å². The van der Waals surface area contributed by atoms with Gasteiger partial charge in [0.25, 0.3) is 0 Å². The third kappa shape index (κ3) is 5.42. The Morgan fingerprint density at radius 1 is 1.10 bits per heavy atom. The van der Waals surface area contributed by atoms with Crippen LogP contribution in [0, 0.1) is 17.8 Å². The summed E-state index contributed by atoms with van der Waals surface area (Å²) in [7, 11) is 1.77. The number of fused-ring (bicyclic) bond motifs is 1. The predicted octanol–water partition coefficient (Wildman–Crippen LogP) is 3.74. The second-order valence-corrected chi connectivity index (χ2v) is 12.8. The molecule has 3 aliphatic rings. The van der Waals surface area contributed by atoms with Crippen molar-refractivity contribution in [2.45, 2.75) is 61.6 Å². The van der Waals surface area contributed by atoms with Crippen molar-refractivity contribution in [3.63, 3.8) is 0 Å². The summed E-state index contributed by atoms with van der Waals surface area (Å²) in [5.74, 6) is -0.947. The molecule has 4 rings (SSSR count). The zero-order chi connectivity index (χ0) is 28.2. The molecule has 3 heterocycles. The minimum absolute atomic E-state index is 0.0252. The van der Waals surface area contributed by atoms with Crippen molar-refractivity contribution in [2.24, 2.45) is 17.8 Å². The van der Waals surface area contributed by atoms with Crippen LogP contribution in [0.1, 0.15) is 44.6 Å². The van der Waals surface area contributed by atoms with Gasteiger partial charge in [0.2, 0.25) is 17.7 Å². The van der Waals surface area contributed by atoms with Gasteiger partial charge in [0.05, 0.1) is 16.6 Å². The summed E-state index contributed by atoms with van der Waals surface area (Å²) in [5.41, 5.74) is 1.03. The lowest BCUT2D eigenvalue weighted by Gasteiger charge is -2.41. The second-order valence-electron chi connectivity index (χ2n) is 11.2. The zero-order valence-electron chi connectivity index (χ0n) is 23.3. The Morgan fingerprint density at radius 3 is 2.46 bits per heavy atom. The van der Waals surface area contributed by atoms with Gasteiger partial charge in [0.15, 0.2) is 0 Å². The van der Waals surface area contributed by atoms with E-state index in [1.807, 2.05) is 40.1 Å². The van der Waals surface area contributed by atoms with Gasteiger partial charge in [0, 0.05) is 45.1 Å². The summed E-state index contributed by atoms with van der Waals surface area (Å²) >= 11 is 1.72. The van der Waals surface area contributed by atoms with Gasteiger partial charge in [-0.1, -0.05) is 62.2 Å². The zero-order valence-corrected chi connectivity index (χ0v) is 24.2. The van der Waals surface area contributed by atoms with Crippen molar-refractivity contribution in [3.8, 4) is 0 Å². The number of hydrogen-bond donors (Lipinski definition) is 1. The fourth-order valence-electron chi connectivity index (χ4n) is 6.97. The van der Waals surface area contributed by atoms with E-state index in [9.17, 15) is 19.5 Å². The maximum absolute atomic E-state index is 14.5. The number of carbonyl (C=O) groups excluding carboxylic acids is 3. The first-order valence-electron chi connectivity index (χ1n) is 14.2. The summed E-state index contributed by atoms with van der Waals surface area (Å²) in [4.78, 5) is 47.8. The first kappa shape index (κ1) is 29.4. The molecule has 3 amide bonds. The second kappa shape index (κ2) is 12.7. The molecule has 3 aliphatic heterocycles. The Labute approximate surface area is 237 Å². The molecule has 3 saturated heterocycles. The van der Waals surface area contributed by atoms with Gasteiger partial charge in [-0.2, -0.15) is 0 Å². The minimum Gasteiger partial charge on any atom is -0.396 e. The number of amides is 3. The van der Waals surface area contributed by atoms with E-state index in [-0.39, 0.29) is 35.5 Å². The quantitative estimate of drug-likeness (QED) is 0.281. The number of rotatable bonds is 14. The first-order chi connectivity index (χ1) is 18.8. The van der Waals surface area contributed by atoms with Crippen LogP contribution in [0.15, 0.2) is 55.6 Å². The molecule has 2 bridgehead atoms. The molecule has 0 aromatic heterocycles. The van der Waals surface area contributed by atoms with E-state index in [1.54, 1.807) is 35.9 Å². The van der Waals surface area contributed by atoms with E-state index in [2.05, 4.69) is 20.1 Å². The number of aliphatic hydroxyl groups is 1. The highest BCUT2D eigenvalue weighted by molar-refractivity contribution is 8.02. The van der Waals surface area contributed by atoms with Crippen LogP contribution in [0.2, 0.25) is 0 Å². The molecule has 0 saturated carbocycles. The van der Waals surface area contributed by atoms with Crippen molar-refractivity contribution in [3.05, 3.63) is 61.2 Å². The van der Waals surface area contributed by atoms with Gasteiger partial charge in [-0.3, -0.25) is 14.4 Å². The van der Waals surface area contributed by atoms with Crippen molar-refractivity contribution in [1.29, 1.82) is 0 Å². The van der Waals surface area contributed by atoms with Gasteiger partial charge in [-0.15, -0.1) is 24.9 Å². The lowest BCUT2D eigenvalue weighted by molar-refractivity contribution is -0.144. The largest absolute Gasteiger partial charge is 0.396 e. The highest BCUT2D eigenvalue weighted by Gasteiger charge is 2.76. The van der Waals surface area contributed by atoms with E-state index in [0.717, 1.165) is 37.7 Å². The topological polar surface area (TPSA) is 81.2 Å². The number of hydrogen-bond acceptors (Lipinski definition) is 5. The molecule has 7 nitrogen and oxygen atoms in total. The van der Waals surface area contributed by atoms with Crippen molar-refractivity contribution < 1.29 is 19.5 Å². The molecule has 3 unspecified atom stereocenters. The van der Waals surface area contributed by atoms with Crippen molar-refractivity contribution in [1.82, 2.24) is 14.7 Å². The fourth-order valence-corrected chi connectivity index (χ4v) is 9.38. The number of aliphatic hydroxyl groups excluding tert-OH is 1. The number of likely N-dealkylation sites (tertiary alicyclic amines) is 1. The average molecular weight is 554 g/mol. The Morgan fingerprint density at radius 2 is 1.79 bits per heavy atom. The monoisotopic (exact) mass is 553 g/mol. The highest BCUT2D eigenvalue weighted by Crippen LogP contribution is 2.68. The molecule has 0 radical (unpaired) electrons. The summed E-state index contributed by atoms with van der Waals surface area (Å²) in [5, 5.41) is 9.20. The summed E-state index contributed by atoms with van der Waals surface area (Å²) in [6.07, 6.45) is 7.51. The van der Waals surface area contributed by atoms with Crippen molar-refractivity contribution in [2.75, 3.05) is 33.3 Å². The molecule has 0 aliphatic carbocycles. The lowest BCUT2D eigenvalue weighted by atomic mass is 9.65. The Bertz CT molecular complexity index is 1070. The predicted molar refractivity (Wildman–Crippen MR) is 156 cm³/mol. The fraction of sp³-hybridized carbons (Fsp3) is 0.581. The van der Waals surface area contributed by atoms with E-state index >= 15 is 0 Å².